The fraction of sp³-hybridized carbons (Fsp3) is 0.698. The van der Waals surface area contributed by atoms with Gasteiger partial charge < -0.3 is 57.0 Å². The van der Waals surface area contributed by atoms with Gasteiger partial charge in [-0.05, 0) is 28.7 Å². The first-order valence-electron chi connectivity index (χ1n) is 20.6. The Kier molecular flexibility index (Phi) is 28.4. The van der Waals surface area contributed by atoms with Crippen LogP contribution >= 0.6 is 0 Å². The molecular weight excluding hydrogens is 722 g/mol. The molecule has 3 rings (SSSR count). The summed E-state index contributed by atoms with van der Waals surface area (Å²) in [6, 6.07) is 16.6. The van der Waals surface area contributed by atoms with Gasteiger partial charge in [0.1, 0.15) is 6.61 Å². The summed E-state index contributed by atoms with van der Waals surface area (Å²) in [5.74, 6) is 0.0402. The molecule has 0 N–H and O–H groups in total. The molecule has 0 aromatic heterocycles. The summed E-state index contributed by atoms with van der Waals surface area (Å²) in [6.07, 6.45) is 5.90. The number of carbonyl (C=O) groups is 1. The number of likely N-dealkylation sites (N-methyl/N-ethyl adjacent to an activating group) is 1. The molecule has 56 heavy (non-hydrogen) atoms. The van der Waals surface area contributed by atoms with Crippen LogP contribution in [0, 0.1) is 0 Å². The minimum absolute atomic E-state index is 0.0402. The highest BCUT2D eigenvalue weighted by molar-refractivity contribution is 5.79. The van der Waals surface area contributed by atoms with Gasteiger partial charge in [0.25, 0.3) is 0 Å². The van der Waals surface area contributed by atoms with Crippen molar-refractivity contribution in [3.05, 3.63) is 59.7 Å². The van der Waals surface area contributed by atoms with Crippen molar-refractivity contribution >= 4 is 6.09 Å². The van der Waals surface area contributed by atoms with E-state index in [0.717, 1.165) is 13.0 Å². The molecule has 0 unspecified atom stereocenters. The molecule has 1 aliphatic rings. The zero-order valence-corrected chi connectivity index (χ0v) is 34.1. The molecule has 0 radical (unpaired) electrons. The van der Waals surface area contributed by atoms with E-state index in [1.54, 1.807) is 7.05 Å². The van der Waals surface area contributed by atoms with Gasteiger partial charge >= 0.3 is 6.09 Å². The molecule has 0 bridgehead atoms. The van der Waals surface area contributed by atoms with E-state index in [9.17, 15) is 4.79 Å². The van der Waals surface area contributed by atoms with Crippen LogP contribution in [0.15, 0.2) is 48.5 Å². The first-order valence-corrected chi connectivity index (χ1v) is 20.6. The minimum Gasteiger partial charge on any atom is -0.448 e. The van der Waals surface area contributed by atoms with Gasteiger partial charge in [0.2, 0.25) is 0 Å². The molecule has 1 amide bonds. The van der Waals surface area contributed by atoms with Crippen molar-refractivity contribution in [3.8, 4) is 11.1 Å². The number of hydrogen-bond donors (Lipinski definition) is 0. The second kappa shape index (κ2) is 33.3. The molecular formula is C43H69NO12. The lowest BCUT2D eigenvalue weighted by molar-refractivity contribution is -0.0266. The molecule has 0 heterocycles. The molecule has 0 saturated carbocycles. The number of ether oxygens (including phenoxy) is 11. The molecule has 1 aliphatic carbocycles. The molecule has 2 aromatic carbocycles. The van der Waals surface area contributed by atoms with E-state index in [1.165, 1.54) is 52.8 Å². The summed E-state index contributed by atoms with van der Waals surface area (Å²) >= 11 is 0. The van der Waals surface area contributed by atoms with Crippen LogP contribution in [0.4, 0.5) is 4.79 Å². The van der Waals surface area contributed by atoms with Gasteiger partial charge in [-0.2, -0.15) is 0 Å². The smallest absolute Gasteiger partial charge is 0.409 e. The summed E-state index contributed by atoms with van der Waals surface area (Å²) < 4.78 is 61.0. The van der Waals surface area contributed by atoms with Crippen LogP contribution in [0.2, 0.25) is 0 Å². The predicted octanol–water partition coefficient (Wildman–Crippen LogP) is 6.00. The van der Waals surface area contributed by atoms with Gasteiger partial charge in [0, 0.05) is 26.1 Å². The summed E-state index contributed by atoms with van der Waals surface area (Å²) in [5.41, 5.74) is 4.80. The topological polar surface area (TPSA) is 122 Å². The summed E-state index contributed by atoms with van der Waals surface area (Å²) in [7, 11) is 1.72. The monoisotopic (exact) mass is 791 g/mol. The van der Waals surface area contributed by atoms with E-state index in [1.807, 2.05) is 24.3 Å². The van der Waals surface area contributed by atoms with Crippen molar-refractivity contribution in [2.24, 2.45) is 0 Å². The summed E-state index contributed by atoms with van der Waals surface area (Å²) in [5, 5.41) is 0. The highest BCUT2D eigenvalue weighted by Crippen LogP contribution is 2.44. The third-order valence-electron chi connectivity index (χ3n) is 8.96. The molecule has 0 atom stereocenters. The van der Waals surface area contributed by atoms with Crippen molar-refractivity contribution in [1.82, 2.24) is 4.90 Å². The van der Waals surface area contributed by atoms with Gasteiger partial charge in [-0.1, -0.05) is 81.1 Å². The van der Waals surface area contributed by atoms with Crippen molar-refractivity contribution in [3.63, 3.8) is 0 Å². The van der Waals surface area contributed by atoms with E-state index in [2.05, 4.69) is 31.2 Å². The van der Waals surface area contributed by atoms with E-state index < -0.39 is 0 Å². The molecule has 0 aliphatic heterocycles. The van der Waals surface area contributed by atoms with Gasteiger partial charge in [0.15, 0.2) is 0 Å². The number of hydrogen-bond acceptors (Lipinski definition) is 12. The molecule has 0 saturated heterocycles. The van der Waals surface area contributed by atoms with Crippen LogP contribution in [0.25, 0.3) is 11.1 Å². The highest BCUT2D eigenvalue weighted by atomic mass is 16.6. The minimum atomic E-state index is -0.362. The van der Waals surface area contributed by atoms with Crippen molar-refractivity contribution in [1.29, 1.82) is 0 Å². The van der Waals surface area contributed by atoms with Gasteiger partial charge in [-0.15, -0.1) is 0 Å². The Morgan fingerprint density at radius 3 is 1.20 bits per heavy atom. The zero-order chi connectivity index (χ0) is 39.6. The van der Waals surface area contributed by atoms with Crippen molar-refractivity contribution in [2.45, 2.75) is 44.9 Å². The van der Waals surface area contributed by atoms with E-state index in [-0.39, 0.29) is 12.0 Å². The maximum Gasteiger partial charge on any atom is 0.409 e. The van der Waals surface area contributed by atoms with E-state index in [0.29, 0.717) is 139 Å². The number of carbonyl (C=O) groups excluding carboxylic acids is 1. The van der Waals surface area contributed by atoms with Crippen LogP contribution < -0.4 is 0 Å². The molecule has 0 spiro atoms. The number of unbranched alkanes of at least 4 members (excludes halogenated alkanes) is 4. The predicted molar refractivity (Wildman–Crippen MR) is 215 cm³/mol. The average molecular weight is 792 g/mol. The molecule has 2 aromatic rings. The normalized spacial score (nSPS) is 12.2. The first-order chi connectivity index (χ1) is 27.7. The Hall–Kier alpha value is -2.69. The van der Waals surface area contributed by atoms with Crippen LogP contribution in [0.1, 0.15) is 56.1 Å². The van der Waals surface area contributed by atoms with Crippen molar-refractivity contribution in [2.75, 3.05) is 152 Å². The summed E-state index contributed by atoms with van der Waals surface area (Å²) in [6.45, 7) is 13.4. The fourth-order valence-corrected chi connectivity index (χ4v) is 5.89. The Labute approximate surface area is 335 Å². The van der Waals surface area contributed by atoms with Crippen LogP contribution in [-0.2, 0) is 52.1 Å². The molecule has 13 heteroatoms. The number of rotatable bonds is 38. The second-order valence-electron chi connectivity index (χ2n) is 13.3. The number of fused-ring (bicyclic) bond motifs is 3. The third-order valence-corrected chi connectivity index (χ3v) is 8.96. The average Bonchev–Trinajstić information content (AvgIpc) is 3.54. The quantitative estimate of drug-likeness (QED) is 0.0742. The lowest BCUT2D eigenvalue weighted by atomic mass is 9.98. The first kappa shape index (κ1) is 47.7. The lowest BCUT2D eigenvalue weighted by Crippen LogP contribution is -2.32. The highest BCUT2D eigenvalue weighted by Gasteiger charge is 2.29. The third kappa shape index (κ3) is 21.7. The van der Waals surface area contributed by atoms with E-state index >= 15 is 0 Å². The Balaban J connectivity index is 0.961. The number of amides is 1. The standard InChI is InChI=1S/C43H69NO12/c1-3-4-5-6-11-17-46-19-21-48-23-25-50-27-29-52-31-33-54-35-36-55-34-32-53-30-28-51-26-24-49-22-20-47-18-16-44(2)43(45)56-37-42-40-14-9-7-12-38(40)39-13-8-10-15-41(39)42/h7-10,12-15,42H,3-6,11,16-37H2,1-2H3. The van der Waals surface area contributed by atoms with Gasteiger partial charge in [-0.3, -0.25) is 0 Å². The SMILES string of the molecule is CCCCCCCOCCOCCOCCOCCOCCOCCOCCOCCOCCOCCN(C)C(=O)OCC1c2ccccc2-c2ccccc21. The Bertz CT molecular complexity index is 1190. The van der Waals surface area contributed by atoms with Crippen LogP contribution in [0.3, 0.4) is 0 Å². The molecule has 318 valence electrons. The van der Waals surface area contributed by atoms with Gasteiger partial charge in [-0.25, -0.2) is 4.79 Å². The lowest BCUT2D eigenvalue weighted by Gasteiger charge is -2.19. The van der Waals surface area contributed by atoms with E-state index in [4.69, 9.17) is 52.1 Å². The maximum absolute atomic E-state index is 12.6. The summed E-state index contributed by atoms with van der Waals surface area (Å²) in [4.78, 5) is 14.2. The Morgan fingerprint density at radius 1 is 0.464 bits per heavy atom. The zero-order valence-electron chi connectivity index (χ0n) is 34.1. The maximum atomic E-state index is 12.6. The fourth-order valence-electron chi connectivity index (χ4n) is 5.89. The second-order valence-corrected chi connectivity index (χ2v) is 13.3. The van der Waals surface area contributed by atoms with Crippen LogP contribution in [-0.4, -0.2) is 163 Å². The number of benzene rings is 2. The number of nitrogens with zero attached hydrogens (tertiary/aromatic N) is 1. The van der Waals surface area contributed by atoms with Crippen LogP contribution in [0.5, 0.6) is 0 Å². The van der Waals surface area contributed by atoms with Crippen molar-refractivity contribution < 1.29 is 56.9 Å². The molecule has 0 fully saturated rings. The van der Waals surface area contributed by atoms with Gasteiger partial charge in [0.05, 0.1) is 126 Å². The largest absolute Gasteiger partial charge is 0.448 e. The molecule has 13 nitrogen and oxygen atoms in total. The Morgan fingerprint density at radius 2 is 0.804 bits per heavy atom.